The van der Waals surface area contributed by atoms with E-state index in [1.165, 1.54) is 0 Å². The molecule has 0 radical (unpaired) electrons. The molecule has 110 valence electrons. The minimum atomic E-state index is -0.763. The number of ether oxygens (including phenoxy) is 1. The predicted molar refractivity (Wildman–Crippen MR) is 84.5 cm³/mol. The van der Waals surface area contributed by atoms with Gasteiger partial charge in [-0.1, -0.05) is 30.3 Å². The van der Waals surface area contributed by atoms with Gasteiger partial charge in [-0.2, -0.15) is 0 Å². The molecule has 1 aromatic heterocycles. The molecule has 0 aliphatic carbocycles. The van der Waals surface area contributed by atoms with Crippen molar-refractivity contribution in [3.63, 3.8) is 0 Å². The van der Waals surface area contributed by atoms with Gasteiger partial charge in [-0.15, -0.1) is 0 Å². The summed E-state index contributed by atoms with van der Waals surface area (Å²) in [7, 11) is 1.63. The minimum absolute atomic E-state index is 0.576. The van der Waals surface area contributed by atoms with Crippen molar-refractivity contribution in [2.75, 3.05) is 7.11 Å². The first-order valence-corrected chi connectivity index (χ1v) is 6.98. The van der Waals surface area contributed by atoms with Crippen LogP contribution < -0.4 is 4.74 Å². The van der Waals surface area contributed by atoms with Gasteiger partial charge < -0.3 is 9.84 Å². The molecule has 0 saturated heterocycles. The van der Waals surface area contributed by atoms with Crippen LogP contribution in [-0.2, 0) is 0 Å². The number of aromatic nitrogens is 2. The van der Waals surface area contributed by atoms with Crippen LogP contribution in [0.1, 0.15) is 17.4 Å². The Kier molecular flexibility index (Phi) is 4.12. The van der Waals surface area contributed by atoms with Crippen LogP contribution in [0.2, 0.25) is 0 Å². The van der Waals surface area contributed by atoms with Crippen molar-refractivity contribution in [3.8, 4) is 17.1 Å². The first-order valence-electron chi connectivity index (χ1n) is 6.98. The molecule has 0 saturated carbocycles. The summed E-state index contributed by atoms with van der Waals surface area (Å²) in [5, 5.41) is 10.4. The van der Waals surface area contributed by atoms with E-state index in [-0.39, 0.29) is 0 Å². The molecule has 1 heterocycles. The van der Waals surface area contributed by atoms with E-state index in [4.69, 9.17) is 4.74 Å². The van der Waals surface area contributed by atoms with Crippen LogP contribution in [0.15, 0.2) is 66.9 Å². The van der Waals surface area contributed by atoms with E-state index in [9.17, 15) is 5.11 Å². The summed E-state index contributed by atoms with van der Waals surface area (Å²) in [4.78, 5) is 8.75. The average molecular weight is 292 g/mol. The van der Waals surface area contributed by atoms with E-state index in [1.807, 2.05) is 54.6 Å². The molecule has 0 spiro atoms. The number of rotatable bonds is 4. The Balaban J connectivity index is 1.92. The van der Waals surface area contributed by atoms with E-state index in [2.05, 4.69) is 9.97 Å². The fourth-order valence-corrected chi connectivity index (χ4v) is 2.21. The van der Waals surface area contributed by atoms with Crippen molar-refractivity contribution in [1.29, 1.82) is 0 Å². The first-order chi connectivity index (χ1) is 10.8. The topological polar surface area (TPSA) is 55.2 Å². The maximum absolute atomic E-state index is 10.4. The molecule has 2 aromatic carbocycles. The Morgan fingerprint density at radius 3 is 2.36 bits per heavy atom. The van der Waals surface area contributed by atoms with Crippen molar-refractivity contribution >= 4 is 0 Å². The summed E-state index contributed by atoms with van der Waals surface area (Å²) < 4.78 is 5.14. The lowest BCUT2D eigenvalue weighted by Crippen LogP contribution is -2.04. The van der Waals surface area contributed by atoms with Crippen LogP contribution in [0.25, 0.3) is 11.4 Å². The highest BCUT2D eigenvalue weighted by molar-refractivity contribution is 5.56. The second-order valence-corrected chi connectivity index (χ2v) is 4.85. The van der Waals surface area contributed by atoms with Gasteiger partial charge in [0.1, 0.15) is 11.9 Å². The zero-order chi connectivity index (χ0) is 15.4. The lowest BCUT2D eigenvalue weighted by atomic mass is 10.1. The zero-order valence-electron chi connectivity index (χ0n) is 12.2. The van der Waals surface area contributed by atoms with Crippen LogP contribution >= 0.6 is 0 Å². The third-order valence-electron chi connectivity index (χ3n) is 3.42. The van der Waals surface area contributed by atoms with Crippen molar-refractivity contribution < 1.29 is 9.84 Å². The number of nitrogens with zero attached hydrogens (tertiary/aromatic N) is 2. The SMILES string of the molecule is COc1ccc(-c2nccc(C(O)c3ccccc3)n2)cc1. The number of methoxy groups -OCH3 is 1. The van der Waals surface area contributed by atoms with Crippen molar-refractivity contribution in [1.82, 2.24) is 9.97 Å². The molecule has 0 amide bonds. The average Bonchev–Trinajstić information content (AvgIpc) is 2.62. The number of aliphatic hydroxyl groups excluding tert-OH is 1. The van der Waals surface area contributed by atoms with E-state index < -0.39 is 6.10 Å². The van der Waals surface area contributed by atoms with Crippen molar-refractivity contribution in [2.24, 2.45) is 0 Å². The van der Waals surface area contributed by atoms with Gasteiger partial charge in [0.25, 0.3) is 0 Å². The summed E-state index contributed by atoms with van der Waals surface area (Å²) in [5.74, 6) is 1.36. The van der Waals surface area contributed by atoms with Crippen LogP contribution in [0, 0.1) is 0 Å². The highest BCUT2D eigenvalue weighted by Gasteiger charge is 2.13. The molecule has 0 fully saturated rings. The summed E-state index contributed by atoms with van der Waals surface area (Å²) >= 11 is 0. The summed E-state index contributed by atoms with van der Waals surface area (Å²) in [5.41, 5.74) is 2.26. The third kappa shape index (κ3) is 2.97. The fraction of sp³-hybridized carbons (Fsp3) is 0.111. The van der Waals surface area contributed by atoms with Crippen LogP contribution in [0.3, 0.4) is 0 Å². The maximum atomic E-state index is 10.4. The molecule has 22 heavy (non-hydrogen) atoms. The molecule has 4 nitrogen and oxygen atoms in total. The number of hydrogen-bond acceptors (Lipinski definition) is 4. The molecular weight excluding hydrogens is 276 g/mol. The highest BCUT2D eigenvalue weighted by Crippen LogP contribution is 2.23. The van der Waals surface area contributed by atoms with E-state index in [0.29, 0.717) is 11.5 Å². The van der Waals surface area contributed by atoms with E-state index in [1.54, 1.807) is 19.4 Å². The van der Waals surface area contributed by atoms with Gasteiger partial charge in [-0.3, -0.25) is 0 Å². The van der Waals surface area contributed by atoms with Gasteiger partial charge in [0.2, 0.25) is 0 Å². The molecular formula is C18H16N2O2. The van der Waals surface area contributed by atoms with Gasteiger partial charge in [-0.25, -0.2) is 9.97 Å². The van der Waals surface area contributed by atoms with Gasteiger partial charge >= 0.3 is 0 Å². The second-order valence-electron chi connectivity index (χ2n) is 4.85. The summed E-state index contributed by atoms with van der Waals surface area (Å²) in [6, 6.07) is 18.7. The Labute approximate surface area is 129 Å². The smallest absolute Gasteiger partial charge is 0.159 e. The molecule has 3 rings (SSSR count). The lowest BCUT2D eigenvalue weighted by Gasteiger charge is -2.11. The first kappa shape index (κ1) is 14.2. The standard InChI is InChI=1S/C18H16N2O2/c1-22-15-9-7-14(8-10-15)18-19-12-11-16(20-18)17(21)13-5-3-2-4-6-13/h2-12,17,21H,1H3. The Bertz CT molecular complexity index is 743. The predicted octanol–water partition coefficient (Wildman–Crippen LogP) is 3.23. The molecule has 1 unspecified atom stereocenters. The Hall–Kier alpha value is -2.72. The van der Waals surface area contributed by atoms with Gasteiger partial charge in [-0.05, 0) is 35.9 Å². The van der Waals surface area contributed by atoms with E-state index >= 15 is 0 Å². The number of hydrogen-bond donors (Lipinski definition) is 1. The van der Waals surface area contributed by atoms with Gasteiger partial charge in [0.05, 0.1) is 12.8 Å². The van der Waals surface area contributed by atoms with Crippen molar-refractivity contribution in [2.45, 2.75) is 6.10 Å². The Morgan fingerprint density at radius 1 is 0.955 bits per heavy atom. The molecule has 0 aliphatic heterocycles. The zero-order valence-corrected chi connectivity index (χ0v) is 12.2. The monoisotopic (exact) mass is 292 g/mol. The van der Waals surface area contributed by atoms with Crippen LogP contribution in [0.5, 0.6) is 5.75 Å². The minimum Gasteiger partial charge on any atom is -0.497 e. The quantitative estimate of drug-likeness (QED) is 0.802. The van der Waals surface area contributed by atoms with Gasteiger partial charge in [0.15, 0.2) is 5.82 Å². The summed E-state index contributed by atoms with van der Waals surface area (Å²) in [6.07, 6.45) is 0.898. The molecule has 0 bridgehead atoms. The fourth-order valence-electron chi connectivity index (χ4n) is 2.21. The molecule has 4 heteroatoms. The third-order valence-corrected chi connectivity index (χ3v) is 3.42. The van der Waals surface area contributed by atoms with Crippen LogP contribution in [-0.4, -0.2) is 22.2 Å². The molecule has 1 N–H and O–H groups in total. The van der Waals surface area contributed by atoms with E-state index in [0.717, 1.165) is 16.9 Å². The molecule has 0 aliphatic rings. The lowest BCUT2D eigenvalue weighted by molar-refractivity contribution is 0.215. The van der Waals surface area contributed by atoms with Crippen LogP contribution in [0.4, 0.5) is 0 Å². The summed E-state index contributed by atoms with van der Waals surface area (Å²) in [6.45, 7) is 0. The van der Waals surface area contributed by atoms with Crippen molar-refractivity contribution in [3.05, 3.63) is 78.1 Å². The number of aliphatic hydroxyl groups is 1. The second kappa shape index (κ2) is 6.37. The van der Waals surface area contributed by atoms with Gasteiger partial charge in [0, 0.05) is 11.8 Å². The normalized spacial score (nSPS) is 11.9. The number of benzene rings is 2. The highest BCUT2D eigenvalue weighted by atomic mass is 16.5. The molecule has 1 atom stereocenters. The molecule has 3 aromatic rings. The largest absolute Gasteiger partial charge is 0.497 e. The Morgan fingerprint density at radius 2 is 1.68 bits per heavy atom. The maximum Gasteiger partial charge on any atom is 0.159 e.